The van der Waals surface area contributed by atoms with Crippen molar-refractivity contribution in [3.8, 4) is 6.07 Å². The monoisotopic (exact) mass is 379 g/mol. The summed E-state index contributed by atoms with van der Waals surface area (Å²) in [5.41, 5.74) is 1.24. The number of halogens is 1. The summed E-state index contributed by atoms with van der Waals surface area (Å²) < 4.78 is 6.37. The summed E-state index contributed by atoms with van der Waals surface area (Å²) in [5, 5.41) is 9.21. The Hall–Kier alpha value is -1.58. The second-order valence-corrected chi connectivity index (χ2v) is 7.57. The lowest BCUT2D eigenvalue weighted by Gasteiger charge is -2.35. The number of piperazine rings is 1. The van der Waals surface area contributed by atoms with Crippen LogP contribution < -0.4 is 0 Å². The minimum absolute atomic E-state index is 0.252. The SMILES string of the molecule is CC(C)(C)OC(=O)N1CCN(Cc2cc(Br)ccc2C#N)CC1. The van der Waals surface area contributed by atoms with Crippen LogP contribution >= 0.6 is 15.9 Å². The van der Waals surface area contributed by atoms with Crippen LogP contribution in [0.15, 0.2) is 22.7 Å². The molecule has 23 heavy (non-hydrogen) atoms. The number of carbonyl (C=O) groups is 1. The van der Waals surface area contributed by atoms with Gasteiger partial charge in [0.2, 0.25) is 0 Å². The van der Waals surface area contributed by atoms with Crippen molar-refractivity contribution in [1.82, 2.24) is 9.80 Å². The number of hydrogen-bond donors (Lipinski definition) is 0. The second-order valence-electron chi connectivity index (χ2n) is 6.66. The highest BCUT2D eigenvalue weighted by atomic mass is 79.9. The van der Waals surface area contributed by atoms with E-state index >= 15 is 0 Å². The first kappa shape index (κ1) is 17.8. The van der Waals surface area contributed by atoms with Gasteiger partial charge in [-0.05, 0) is 44.5 Å². The van der Waals surface area contributed by atoms with Crippen molar-refractivity contribution < 1.29 is 9.53 Å². The van der Waals surface area contributed by atoms with Crippen LogP contribution in [-0.4, -0.2) is 47.7 Å². The van der Waals surface area contributed by atoms with Gasteiger partial charge in [-0.15, -0.1) is 0 Å². The van der Waals surface area contributed by atoms with E-state index in [0.29, 0.717) is 25.2 Å². The van der Waals surface area contributed by atoms with Crippen LogP contribution in [0.1, 0.15) is 31.9 Å². The molecule has 5 nitrogen and oxygen atoms in total. The fraction of sp³-hybridized carbons (Fsp3) is 0.529. The molecule has 0 spiro atoms. The van der Waals surface area contributed by atoms with Crippen molar-refractivity contribution in [2.45, 2.75) is 32.9 Å². The zero-order chi connectivity index (χ0) is 17.0. The van der Waals surface area contributed by atoms with Gasteiger partial charge in [-0.2, -0.15) is 5.26 Å². The van der Waals surface area contributed by atoms with Gasteiger partial charge in [0.25, 0.3) is 0 Å². The van der Waals surface area contributed by atoms with Gasteiger partial charge in [0.05, 0.1) is 11.6 Å². The normalized spacial score (nSPS) is 16.0. The van der Waals surface area contributed by atoms with Crippen molar-refractivity contribution in [1.29, 1.82) is 5.26 Å². The molecule has 1 heterocycles. The Morgan fingerprint density at radius 2 is 1.96 bits per heavy atom. The molecule has 1 aromatic rings. The van der Waals surface area contributed by atoms with Crippen molar-refractivity contribution >= 4 is 22.0 Å². The molecule has 6 heteroatoms. The van der Waals surface area contributed by atoms with Crippen molar-refractivity contribution in [3.05, 3.63) is 33.8 Å². The van der Waals surface area contributed by atoms with Crippen LogP contribution in [0.25, 0.3) is 0 Å². The fourth-order valence-corrected chi connectivity index (χ4v) is 2.87. The lowest BCUT2D eigenvalue weighted by molar-refractivity contribution is 0.0139. The predicted molar refractivity (Wildman–Crippen MR) is 91.9 cm³/mol. The Balaban J connectivity index is 1.92. The van der Waals surface area contributed by atoms with Crippen LogP contribution in [0.4, 0.5) is 4.79 Å². The number of ether oxygens (including phenoxy) is 1. The van der Waals surface area contributed by atoms with Crippen molar-refractivity contribution in [2.24, 2.45) is 0 Å². The summed E-state index contributed by atoms with van der Waals surface area (Å²) in [6.07, 6.45) is -0.252. The van der Waals surface area contributed by atoms with E-state index in [-0.39, 0.29) is 6.09 Å². The van der Waals surface area contributed by atoms with Gasteiger partial charge in [0.1, 0.15) is 5.60 Å². The van der Waals surface area contributed by atoms with Crippen molar-refractivity contribution in [3.63, 3.8) is 0 Å². The van der Waals surface area contributed by atoms with E-state index in [0.717, 1.165) is 23.1 Å². The lowest BCUT2D eigenvalue weighted by Crippen LogP contribution is -2.49. The Labute approximate surface area is 145 Å². The summed E-state index contributed by atoms with van der Waals surface area (Å²) in [4.78, 5) is 16.1. The fourth-order valence-electron chi connectivity index (χ4n) is 2.46. The van der Waals surface area contributed by atoms with Crippen LogP contribution in [0.5, 0.6) is 0 Å². The quantitative estimate of drug-likeness (QED) is 0.790. The van der Waals surface area contributed by atoms with Gasteiger partial charge in [0.15, 0.2) is 0 Å². The maximum atomic E-state index is 12.1. The molecule has 0 saturated carbocycles. The zero-order valence-electron chi connectivity index (χ0n) is 13.8. The van der Waals surface area contributed by atoms with Gasteiger partial charge in [-0.3, -0.25) is 4.90 Å². The van der Waals surface area contributed by atoms with Gasteiger partial charge >= 0.3 is 6.09 Å². The highest BCUT2D eigenvalue weighted by Crippen LogP contribution is 2.19. The van der Waals surface area contributed by atoms with Crippen molar-refractivity contribution in [2.75, 3.05) is 26.2 Å². The minimum atomic E-state index is -0.466. The molecule has 1 amide bonds. The van der Waals surface area contributed by atoms with E-state index in [1.807, 2.05) is 39.0 Å². The smallest absolute Gasteiger partial charge is 0.410 e. The number of nitrogens with zero attached hydrogens (tertiary/aromatic N) is 3. The molecular weight excluding hydrogens is 358 g/mol. The molecule has 1 saturated heterocycles. The Kier molecular flexibility index (Phi) is 5.66. The number of rotatable bonds is 2. The molecule has 1 fully saturated rings. The average molecular weight is 380 g/mol. The third-order valence-corrected chi connectivity index (χ3v) is 4.10. The first-order valence-corrected chi connectivity index (χ1v) is 8.46. The third-order valence-electron chi connectivity index (χ3n) is 3.61. The number of carbonyl (C=O) groups excluding carboxylic acids is 1. The first-order valence-electron chi connectivity index (χ1n) is 7.67. The summed E-state index contributed by atoms with van der Waals surface area (Å²) in [6, 6.07) is 7.93. The zero-order valence-corrected chi connectivity index (χ0v) is 15.4. The first-order chi connectivity index (χ1) is 10.8. The van der Waals surface area contributed by atoms with Gasteiger partial charge in [-0.1, -0.05) is 15.9 Å². The molecule has 0 aliphatic carbocycles. The summed E-state index contributed by atoms with van der Waals surface area (Å²) in [5.74, 6) is 0. The Morgan fingerprint density at radius 1 is 1.30 bits per heavy atom. The molecule has 2 rings (SSSR count). The number of benzene rings is 1. The van der Waals surface area contributed by atoms with Gasteiger partial charge in [0, 0.05) is 37.2 Å². The molecule has 0 radical (unpaired) electrons. The van der Waals surface area contributed by atoms with Crippen LogP contribution in [0, 0.1) is 11.3 Å². The highest BCUT2D eigenvalue weighted by molar-refractivity contribution is 9.10. The summed E-state index contributed by atoms with van der Waals surface area (Å²) >= 11 is 3.45. The Bertz CT molecular complexity index is 611. The van der Waals surface area contributed by atoms with E-state index in [4.69, 9.17) is 4.74 Å². The Morgan fingerprint density at radius 3 is 2.52 bits per heavy atom. The van der Waals surface area contributed by atoms with Crippen LogP contribution in [0.2, 0.25) is 0 Å². The summed E-state index contributed by atoms with van der Waals surface area (Å²) in [6.45, 7) is 9.17. The third kappa shape index (κ3) is 5.22. The molecule has 1 aliphatic rings. The molecule has 1 aromatic carbocycles. The van der Waals surface area contributed by atoms with Crippen LogP contribution in [0.3, 0.4) is 0 Å². The molecule has 124 valence electrons. The van der Waals surface area contributed by atoms with E-state index in [1.54, 1.807) is 4.90 Å². The molecule has 0 unspecified atom stereocenters. The molecule has 0 bridgehead atoms. The largest absolute Gasteiger partial charge is 0.444 e. The van der Waals surface area contributed by atoms with E-state index in [2.05, 4.69) is 26.9 Å². The molecule has 0 aromatic heterocycles. The maximum absolute atomic E-state index is 12.1. The predicted octanol–water partition coefficient (Wildman–Crippen LogP) is 3.37. The molecule has 0 atom stereocenters. The second kappa shape index (κ2) is 7.33. The average Bonchev–Trinajstić information content (AvgIpc) is 2.46. The standard InChI is InChI=1S/C17H22BrN3O2/c1-17(2,3)23-16(22)21-8-6-20(7-9-21)12-14-10-15(18)5-4-13(14)11-19/h4-5,10H,6-9,12H2,1-3H3. The highest BCUT2D eigenvalue weighted by Gasteiger charge is 2.26. The molecule has 1 aliphatic heterocycles. The van der Waals surface area contributed by atoms with Gasteiger partial charge < -0.3 is 9.64 Å². The number of hydrogen-bond acceptors (Lipinski definition) is 4. The van der Waals surface area contributed by atoms with E-state index in [1.165, 1.54) is 0 Å². The summed E-state index contributed by atoms with van der Waals surface area (Å²) in [7, 11) is 0. The van der Waals surface area contributed by atoms with E-state index in [9.17, 15) is 10.1 Å². The number of amides is 1. The van der Waals surface area contributed by atoms with E-state index < -0.39 is 5.60 Å². The maximum Gasteiger partial charge on any atom is 0.410 e. The van der Waals surface area contributed by atoms with Crippen LogP contribution in [-0.2, 0) is 11.3 Å². The number of nitriles is 1. The lowest BCUT2D eigenvalue weighted by atomic mass is 10.1. The molecule has 0 N–H and O–H groups in total. The minimum Gasteiger partial charge on any atom is -0.444 e. The topological polar surface area (TPSA) is 56.6 Å². The molecular formula is C17H22BrN3O2. The van der Waals surface area contributed by atoms with Gasteiger partial charge in [-0.25, -0.2) is 4.79 Å².